The van der Waals surface area contributed by atoms with Crippen LogP contribution in [0.5, 0.6) is 0 Å². The van der Waals surface area contributed by atoms with Gasteiger partial charge in [0.15, 0.2) is 0 Å². The van der Waals surface area contributed by atoms with E-state index >= 15 is 0 Å². The number of hydrogen-bond donors (Lipinski definition) is 0. The predicted octanol–water partition coefficient (Wildman–Crippen LogP) is 1.28. The Labute approximate surface area is 163 Å². The first-order valence-electron chi connectivity index (χ1n) is 10.1. The van der Waals surface area contributed by atoms with Gasteiger partial charge in [-0.15, -0.1) is 10.2 Å². The Hall–Kier alpha value is -1.64. The first kappa shape index (κ1) is 17.5. The van der Waals surface area contributed by atoms with Crippen LogP contribution in [0.3, 0.4) is 0 Å². The summed E-state index contributed by atoms with van der Waals surface area (Å²) in [4.78, 5) is 17.1. The summed E-state index contributed by atoms with van der Waals surface area (Å²) in [5, 5.41) is 15.7. The molecule has 1 saturated heterocycles. The molecule has 0 radical (unpaired) electrons. The summed E-state index contributed by atoms with van der Waals surface area (Å²) in [5.74, 6) is 0.698. The fourth-order valence-corrected chi connectivity index (χ4v) is 5.08. The largest absolute Gasteiger partial charge is 0.299 e. The third kappa shape index (κ3) is 3.97. The van der Waals surface area contributed by atoms with Crippen LogP contribution in [-0.2, 0) is 25.9 Å². The van der Waals surface area contributed by atoms with Crippen LogP contribution in [0, 0.1) is 0 Å². The Morgan fingerprint density at radius 2 is 1.85 bits per heavy atom. The van der Waals surface area contributed by atoms with Crippen LogP contribution in [0.25, 0.3) is 0 Å². The second kappa shape index (κ2) is 7.41. The number of rotatable bonds is 6. The molecule has 5 rings (SSSR count). The summed E-state index contributed by atoms with van der Waals surface area (Å²) < 4.78 is 1.66. The van der Waals surface area contributed by atoms with E-state index in [-0.39, 0.29) is 5.56 Å². The fraction of sp³-hybridized carbons (Fsp3) is 0.684. The smallest absolute Gasteiger partial charge is 0.267 e. The normalized spacial score (nSPS) is 20.9. The highest BCUT2D eigenvalue weighted by Crippen LogP contribution is 2.41. The number of piperazine rings is 1. The topological polar surface area (TPSA) is 67.2 Å². The zero-order chi connectivity index (χ0) is 18.2. The lowest BCUT2D eigenvalue weighted by Gasteiger charge is -2.34. The summed E-state index contributed by atoms with van der Waals surface area (Å²) in [6, 6.07) is 1.80. The van der Waals surface area contributed by atoms with Crippen LogP contribution < -0.4 is 5.56 Å². The molecule has 0 bridgehead atoms. The number of aryl methyl sites for hydroxylation is 2. The van der Waals surface area contributed by atoms with Gasteiger partial charge >= 0.3 is 0 Å². The van der Waals surface area contributed by atoms with Crippen molar-refractivity contribution in [1.82, 2.24) is 29.8 Å². The molecule has 8 heteroatoms. The number of hydrogen-bond acceptors (Lipinski definition) is 7. The second-order valence-electron chi connectivity index (χ2n) is 7.96. The molecule has 0 N–H and O–H groups in total. The van der Waals surface area contributed by atoms with Crippen LogP contribution in [0.4, 0.5) is 0 Å². The van der Waals surface area contributed by atoms with E-state index in [1.165, 1.54) is 17.8 Å². The standard InChI is InChI=1S/C19H26N6OS/c26-18-12-15-2-1-3-16(15)22-25(18)11-10-23-6-8-24(9-7-23)13-17-20-21-19(27-17)14-4-5-14/h12,14H,1-11,13H2. The van der Waals surface area contributed by atoms with E-state index in [9.17, 15) is 4.79 Å². The molecule has 3 heterocycles. The molecule has 0 amide bonds. The molecule has 2 aromatic rings. The molecule has 144 valence electrons. The average Bonchev–Trinajstić information content (AvgIpc) is 3.26. The van der Waals surface area contributed by atoms with Gasteiger partial charge in [-0.1, -0.05) is 11.3 Å². The lowest BCUT2D eigenvalue weighted by atomic mass is 10.2. The molecule has 7 nitrogen and oxygen atoms in total. The Bertz CT molecular complexity index is 865. The van der Waals surface area contributed by atoms with Gasteiger partial charge in [-0.25, -0.2) is 4.68 Å². The van der Waals surface area contributed by atoms with Gasteiger partial charge in [0, 0.05) is 44.7 Å². The lowest BCUT2D eigenvalue weighted by molar-refractivity contribution is 0.122. The van der Waals surface area contributed by atoms with Crippen molar-refractivity contribution < 1.29 is 0 Å². The molecule has 1 aliphatic heterocycles. The molecule has 0 atom stereocenters. The van der Waals surface area contributed by atoms with Gasteiger partial charge in [0.05, 0.1) is 18.8 Å². The van der Waals surface area contributed by atoms with E-state index in [4.69, 9.17) is 0 Å². The predicted molar refractivity (Wildman–Crippen MR) is 104 cm³/mol. The molecular weight excluding hydrogens is 360 g/mol. The van der Waals surface area contributed by atoms with E-state index in [1.807, 2.05) is 0 Å². The van der Waals surface area contributed by atoms with Crippen molar-refractivity contribution in [3.05, 3.63) is 37.7 Å². The highest BCUT2D eigenvalue weighted by molar-refractivity contribution is 7.11. The average molecular weight is 387 g/mol. The van der Waals surface area contributed by atoms with Crippen molar-refractivity contribution in [1.29, 1.82) is 0 Å². The Kier molecular flexibility index (Phi) is 4.79. The molecule has 27 heavy (non-hydrogen) atoms. The van der Waals surface area contributed by atoms with Crippen LogP contribution in [0.15, 0.2) is 10.9 Å². The Morgan fingerprint density at radius 3 is 2.67 bits per heavy atom. The highest BCUT2D eigenvalue weighted by atomic mass is 32.1. The first-order valence-corrected chi connectivity index (χ1v) is 10.9. The van der Waals surface area contributed by atoms with E-state index < -0.39 is 0 Å². The van der Waals surface area contributed by atoms with Crippen molar-refractivity contribution in [2.45, 2.75) is 51.1 Å². The molecular formula is C19H26N6OS. The molecule has 0 spiro atoms. The molecule has 0 aromatic carbocycles. The third-order valence-electron chi connectivity index (χ3n) is 5.88. The third-order valence-corrected chi connectivity index (χ3v) is 6.96. The van der Waals surface area contributed by atoms with Gasteiger partial charge in [0.1, 0.15) is 10.0 Å². The van der Waals surface area contributed by atoms with E-state index in [0.717, 1.165) is 74.8 Å². The van der Waals surface area contributed by atoms with Crippen LogP contribution in [0.1, 0.15) is 46.5 Å². The molecule has 2 fully saturated rings. The summed E-state index contributed by atoms with van der Waals surface area (Å²) in [6.45, 7) is 6.67. The van der Waals surface area contributed by atoms with Crippen molar-refractivity contribution in [2.24, 2.45) is 0 Å². The fourth-order valence-electron chi connectivity index (χ4n) is 4.02. The SMILES string of the molecule is O=c1cc2c(nn1CCN1CCN(Cc3nnc(C4CC4)s3)CC1)CCC2. The molecule has 3 aliphatic rings. The minimum atomic E-state index is 0.0528. The van der Waals surface area contributed by atoms with Crippen LogP contribution in [0.2, 0.25) is 0 Å². The van der Waals surface area contributed by atoms with Crippen molar-refractivity contribution in [3.63, 3.8) is 0 Å². The van der Waals surface area contributed by atoms with Gasteiger partial charge in [0.25, 0.3) is 5.56 Å². The van der Waals surface area contributed by atoms with Crippen molar-refractivity contribution in [3.8, 4) is 0 Å². The molecule has 0 unspecified atom stereocenters. The van der Waals surface area contributed by atoms with Crippen LogP contribution >= 0.6 is 11.3 Å². The number of fused-ring (bicyclic) bond motifs is 1. The van der Waals surface area contributed by atoms with Gasteiger partial charge in [-0.05, 0) is 37.7 Å². The summed E-state index contributed by atoms with van der Waals surface area (Å²) in [6.07, 6.45) is 5.73. The monoisotopic (exact) mass is 386 g/mol. The van der Waals surface area contributed by atoms with Gasteiger partial charge in [-0.3, -0.25) is 14.6 Å². The quantitative estimate of drug-likeness (QED) is 0.745. The maximum Gasteiger partial charge on any atom is 0.267 e. The van der Waals surface area contributed by atoms with Gasteiger partial charge in [0.2, 0.25) is 0 Å². The summed E-state index contributed by atoms with van der Waals surface area (Å²) >= 11 is 1.79. The lowest BCUT2D eigenvalue weighted by Crippen LogP contribution is -2.47. The zero-order valence-corrected chi connectivity index (χ0v) is 16.5. The van der Waals surface area contributed by atoms with Crippen molar-refractivity contribution >= 4 is 11.3 Å². The highest BCUT2D eigenvalue weighted by Gasteiger charge is 2.28. The molecule has 2 aliphatic carbocycles. The van der Waals surface area contributed by atoms with E-state index in [1.54, 1.807) is 22.1 Å². The zero-order valence-electron chi connectivity index (χ0n) is 15.6. The van der Waals surface area contributed by atoms with E-state index in [0.29, 0.717) is 12.5 Å². The minimum absolute atomic E-state index is 0.0528. The Morgan fingerprint density at radius 1 is 1.04 bits per heavy atom. The first-order chi connectivity index (χ1) is 13.2. The summed E-state index contributed by atoms with van der Waals surface area (Å²) in [5.41, 5.74) is 2.34. The summed E-state index contributed by atoms with van der Waals surface area (Å²) in [7, 11) is 0. The Balaban J connectivity index is 1.10. The number of aromatic nitrogens is 4. The second-order valence-corrected chi connectivity index (χ2v) is 9.05. The molecule has 2 aromatic heterocycles. The van der Waals surface area contributed by atoms with Gasteiger partial charge in [-0.2, -0.15) is 5.10 Å². The number of nitrogens with zero attached hydrogens (tertiary/aromatic N) is 6. The van der Waals surface area contributed by atoms with Gasteiger partial charge < -0.3 is 0 Å². The van der Waals surface area contributed by atoms with Crippen molar-refractivity contribution in [2.75, 3.05) is 32.7 Å². The minimum Gasteiger partial charge on any atom is -0.299 e. The molecule has 1 saturated carbocycles. The van der Waals surface area contributed by atoms with E-state index in [2.05, 4.69) is 25.1 Å². The maximum atomic E-state index is 12.2. The maximum absolute atomic E-state index is 12.2. The van der Waals surface area contributed by atoms with Crippen LogP contribution in [-0.4, -0.2) is 62.5 Å².